The number of allylic oxidation sites excluding steroid dienone is 7. The molecule has 0 radical (unpaired) electrons. The van der Waals surface area contributed by atoms with Crippen molar-refractivity contribution in [3.8, 4) is 0 Å². The lowest BCUT2D eigenvalue weighted by atomic mass is 10.0. The number of carbonyl (C=O) groups excluding carboxylic acids is 2. The van der Waals surface area contributed by atoms with E-state index in [1.165, 1.54) is 154 Å². The number of hydrogen-bond acceptors (Lipinski definition) is 6. The fourth-order valence-electron chi connectivity index (χ4n) is 8.42. The standard InChI is InChI=1S/C60H113N2O7P/c1-7-10-13-16-19-22-25-28-30-31-32-34-37-40-43-46-49-52-59(63)61-57(56-68-70(65,66)67-55-54-62(4,5)6)58(51-48-45-42-39-36-33-27-24-21-18-15-12-9-3)69-60(64)53-50-47-44-41-38-35-29-26-23-20-17-14-11-8-2/h19,22,28,30,32,34,48,51,57-58H,7-18,20-21,23-27,29,31,33,35-47,49-50,52-56H2,1-6H3,(H-,61,63,65,66)/p+1/b22-19-,30-28-,34-32-,51-48+. The van der Waals surface area contributed by atoms with Crippen molar-refractivity contribution in [3.63, 3.8) is 0 Å². The Morgan fingerprint density at radius 3 is 1.33 bits per heavy atom. The summed E-state index contributed by atoms with van der Waals surface area (Å²) in [6.45, 7) is 6.98. The van der Waals surface area contributed by atoms with Crippen LogP contribution >= 0.6 is 7.82 Å². The lowest BCUT2D eigenvalue weighted by Gasteiger charge is -2.27. The van der Waals surface area contributed by atoms with Crippen LogP contribution in [0.25, 0.3) is 0 Å². The zero-order chi connectivity index (χ0) is 51.5. The molecular weight excluding hydrogens is 892 g/mol. The molecule has 2 N–H and O–H groups in total. The number of likely N-dealkylation sites (N-methyl/N-ethyl adjacent to an activating group) is 1. The molecule has 0 aliphatic heterocycles. The molecule has 0 saturated carbocycles. The molecule has 0 aliphatic rings. The minimum atomic E-state index is -4.45. The fourth-order valence-corrected chi connectivity index (χ4v) is 9.15. The van der Waals surface area contributed by atoms with Crippen LogP contribution in [0.3, 0.4) is 0 Å². The van der Waals surface area contributed by atoms with Gasteiger partial charge in [-0.1, -0.05) is 237 Å². The second-order valence-electron chi connectivity index (χ2n) is 21.2. The summed E-state index contributed by atoms with van der Waals surface area (Å²) in [6, 6.07) is -0.857. The van der Waals surface area contributed by atoms with E-state index in [9.17, 15) is 19.0 Å². The summed E-state index contributed by atoms with van der Waals surface area (Å²) in [7, 11) is 1.49. The summed E-state index contributed by atoms with van der Waals surface area (Å²) in [5.41, 5.74) is 0. The van der Waals surface area contributed by atoms with Crippen LogP contribution in [0, 0.1) is 0 Å². The van der Waals surface area contributed by atoms with Gasteiger partial charge in [0.15, 0.2) is 0 Å². The average Bonchev–Trinajstić information content (AvgIpc) is 3.32. The van der Waals surface area contributed by atoms with Gasteiger partial charge in [0.05, 0.1) is 33.8 Å². The maximum Gasteiger partial charge on any atom is 0.472 e. The van der Waals surface area contributed by atoms with E-state index in [0.717, 1.165) is 83.5 Å². The van der Waals surface area contributed by atoms with Gasteiger partial charge < -0.3 is 19.4 Å². The van der Waals surface area contributed by atoms with Gasteiger partial charge in [-0.05, 0) is 70.3 Å². The quantitative estimate of drug-likeness (QED) is 0.0205. The number of phosphoric acid groups is 1. The van der Waals surface area contributed by atoms with E-state index in [4.69, 9.17) is 13.8 Å². The van der Waals surface area contributed by atoms with E-state index in [-0.39, 0.29) is 31.5 Å². The van der Waals surface area contributed by atoms with E-state index < -0.39 is 20.0 Å². The Bertz CT molecular complexity index is 1340. The smallest absolute Gasteiger partial charge is 0.456 e. The SMILES string of the molecule is CCCCC/C=C\C/C=C\C/C=C\CCCCCCC(=O)NC(COP(=O)(O)OCC[N+](C)(C)C)C(/C=C/CCCCCCCCCCCCC)OC(=O)CCCCCCCCCCCCCCCC. The molecule has 0 aromatic heterocycles. The molecule has 0 aliphatic carbocycles. The van der Waals surface area contributed by atoms with Gasteiger partial charge in [-0.3, -0.25) is 18.6 Å². The molecule has 0 rings (SSSR count). The molecule has 3 atom stereocenters. The van der Waals surface area contributed by atoms with E-state index >= 15 is 0 Å². The number of rotatable bonds is 53. The number of nitrogens with one attached hydrogen (secondary N) is 1. The average molecular weight is 1010 g/mol. The van der Waals surface area contributed by atoms with E-state index in [2.05, 4.69) is 62.5 Å². The Balaban J connectivity index is 5.38. The van der Waals surface area contributed by atoms with Gasteiger partial charge >= 0.3 is 13.8 Å². The third-order valence-corrected chi connectivity index (χ3v) is 14.0. The molecular formula is C60H114N2O7P+. The van der Waals surface area contributed by atoms with Crippen molar-refractivity contribution in [2.75, 3.05) is 40.9 Å². The van der Waals surface area contributed by atoms with Crippen molar-refractivity contribution in [2.24, 2.45) is 0 Å². The first kappa shape index (κ1) is 68.0. The Kier molecular flexibility index (Phi) is 49.0. The topological polar surface area (TPSA) is 111 Å². The molecule has 0 fully saturated rings. The zero-order valence-electron chi connectivity index (χ0n) is 46.8. The van der Waals surface area contributed by atoms with Crippen LogP contribution < -0.4 is 5.32 Å². The van der Waals surface area contributed by atoms with E-state index in [1.807, 2.05) is 33.3 Å². The molecule has 410 valence electrons. The lowest BCUT2D eigenvalue weighted by molar-refractivity contribution is -0.870. The molecule has 10 heteroatoms. The Morgan fingerprint density at radius 1 is 0.500 bits per heavy atom. The Morgan fingerprint density at radius 2 is 0.871 bits per heavy atom. The number of hydrogen-bond donors (Lipinski definition) is 2. The van der Waals surface area contributed by atoms with Crippen molar-refractivity contribution in [2.45, 2.75) is 283 Å². The molecule has 3 unspecified atom stereocenters. The van der Waals surface area contributed by atoms with Gasteiger partial charge in [0.25, 0.3) is 0 Å². The predicted octanol–water partition coefficient (Wildman–Crippen LogP) is 17.7. The van der Waals surface area contributed by atoms with Crippen LogP contribution in [0.2, 0.25) is 0 Å². The maximum atomic E-state index is 13.5. The second-order valence-corrected chi connectivity index (χ2v) is 22.6. The van der Waals surface area contributed by atoms with Crippen LogP contribution in [-0.4, -0.2) is 74.3 Å². The molecule has 0 spiro atoms. The Hall–Kier alpha value is -2.03. The normalized spacial score (nSPS) is 14.1. The second kappa shape index (κ2) is 50.5. The third-order valence-electron chi connectivity index (χ3n) is 13.0. The summed E-state index contributed by atoms with van der Waals surface area (Å²) >= 11 is 0. The first-order valence-corrected chi connectivity index (χ1v) is 31.0. The molecule has 70 heavy (non-hydrogen) atoms. The van der Waals surface area contributed by atoms with Gasteiger partial charge in [0.2, 0.25) is 5.91 Å². The van der Waals surface area contributed by atoms with Crippen molar-refractivity contribution in [1.82, 2.24) is 5.32 Å². The minimum Gasteiger partial charge on any atom is -0.456 e. The van der Waals surface area contributed by atoms with Gasteiger partial charge in [0, 0.05) is 12.8 Å². The van der Waals surface area contributed by atoms with Gasteiger partial charge in [0.1, 0.15) is 19.3 Å². The van der Waals surface area contributed by atoms with Crippen molar-refractivity contribution in [3.05, 3.63) is 48.6 Å². The number of quaternary nitrogens is 1. The maximum absolute atomic E-state index is 13.5. The highest BCUT2D eigenvalue weighted by Gasteiger charge is 2.30. The van der Waals surface area contributed by atoms with Crippen LogP contribution in [-0.2, 0) is 27.9 Å². The van der Waals surface area contributed by atoms with Gasteiger partial charge in [-0.25, -0.2) is 4.57 Å². The fraction of sp³-hybridized carbons (Fsp3) is 0.833. The van der Waals surface area contributed by atoms with Crippen molar-refractivity contribution < 1.29 is 37.3 Å². The molecule has 9 nitrogen and oxygen atoms in total. The highest BCUT2D eigenvalue weighted by atomic mass is 31.2. The number of phosphoric ester groups is 1. The Labute approximate surface area is 433 Å². The minimum absolute atomic E-state index is 0.0364. The summed E-state index contributed by atoms with van der Waals surface area (Å²) in [6.07, 6.45) is 60.9. The number of carbonyl (C=O) groups is 2. The highest BCUT2D eigenvalue weighted by Crippen LogP contribution is 2.43. The first-order chi connectivity index (χ1) is 33.9. The van der Waals surface area contributed by atoms with Crippen LogP contribution in [0.1, 0.15) is 271 Å². The summed E-state index contributed by atoms with van der Waals surface area (Å²) in [4.78, 5) is 37.6. The summed E-state index contributed by atoms with van der Waals surface area (Å²) in [5.74, 6) is -0.522. The summed E-state index contributed by atoms with van der Waals surface area (Å²) < 4.78 is 30.6. The van der Waals surface area contributed by atoms with Crippen LogP contribution in [0.4, 0.5) is 0 Å². The van der Waals surface area contributed by atoms with E-state index in [0.29, 0.717) is 17.4 Å². The number of esters is 1. The lowest BCUT2D eigenvalue weighted by Crippen LogP contribution is -2.47. The van der Waals surface area contributed by atoms with Crippen LogP contribution in [0.15, 0.2) is 48.6 Å². The molecule has 0 bridgehead atoms. The van der Waals surface area contributed by atoms with Crippen molar-refractivity contribution in [1.29, 1.82) is 0 Å². The first-order valence-electron chi connectivity index (χ1n) is 29.5. The zero-order valence-corrected chi connectivity index (χ0v) is 47.7. The number of unbranched alkanes of at least 4 members (excludes halogenated alkanes) is 31. The summed E-state index contributed by atoms with van der Waals surface area (Å²) in [5, 5.41) is 3.04. The molecule has 0 aromatic carbocycles. The largest absolute Gasteiger partial charge is 0.472 e. The van der Waals surface area contributed by atoms with Crippen LogP contribution in [0.5, 0.6) is 0 Å². The molecule has 1 amide bonds. The highest BCUT2D eigenvalue weighted by molar-refractivity contribution is 7.47. The number of amides is 1. The van der Waals surface area contributed by atoms with Gasteiger partial charge in [-0.2, -0.15) is 0 Å². The predicted molar refractivity (Wildman–Crippen MR) is 300 cm³/mol. The molecule has 0 saturated heterocycles. The number of nitrogens with zero attached hydrogens (tertiary/aromatic N) is 1. The third kappa shape index (κ3) is 50.9. The number of ether oxygens (including phenoxy) is 1. The van der Waals surface area contributed by atoms with Gasteiger partial charge in [-0.15, -0.1) is 0 Å². The van der Waals surface area contributed by atoms with Crippen molar-refractivity contribution >= 4 is 19.7 Å². The van der Waals surface area contributed by atoms with E-state index in [1.54, 1.807) is 0 Å². The molecule has 0 aromatic rings. The monoisotopic (exact) mass is 1010 g/mol. The molecule has 0 heterocycles.